The maximum atomic E-state index is 13.5. The van der Waals surface area contributed by atoms with E-state index in [0.29, 0.717) is 23.9 Å². The highest BCUT2D eigenvalue weighted by molar-refractivity contribution is 7.47. The van der Waals surface area contributed by atoms with Gasteiger partial charge in [-0.1, -0.05) is 235 Å². The average Bonchev–Trinajstić information content (AvgIpc) is 3.37. The molecule has 434 valence electrons. The van der Waals surface area contributed by atoms with E-state index in [1.54, 1.807) is 0 Å². The van der Waals surface area contributed by atoms with Gasteiger partial charge in [0.2, 0.25) is 5.91 Å². The Morgan fingerprint density at radius 3 is 1.31 bits per heavy atom. The lowest BCUT2D eigenvalue weighted by Gasteiger charge is -2.27. The number of nitrogens with zero attached hydrogens (tertiary/aromatic N) is 1. The smallest absolute Gasteiger partial charge is 0.456 e. The summed E-state index contributed by atoms with van der Waals surface area (Å²) in [6.45, 7) is 6.85. The number of quaternary nitrogens is 1. The molecule has 1 amide bonds. The molecule has 0 saturated heterocycles. The third kappa shape index (κ3) is 55.7. The van der Waals surface area contributed by atoms with Crippen molar-refractivity contribution < 1.29 is 37.3 Å². The maximum Gasteiger partial charge on any atom is 0.472 e. The molecule has 0 aromatic rings. The van der Waals surface area contributed by atoms with E-state index in [4.69, 9.17) is 13.8 Å². The molecule has 0 aliphatic rings. The van der Waals surface area contributed by atoms with Crippen molar-refractivity contribution in [3.05, 3.63) is 85.1 Å². The molecule has 3 unspecified atom stereocenters. The molecule has 0 radical (unpaired) electrons. The second kappa shape index (κ2) is 54.5. The number of rotatable bonds is 55. The van der Waals surface area contributed by atoms with Crippen molar-refractivity contribution in [2.75, 3.05) is 40.9 Å². The van der Waals surface area contributed by atoms with Gasteiger partial charge in [0, 0.05) is 12.8 Å². The van der Waals surface area contributed by atoms with Crippen LogP contribution in [0.15, 0.2) is 85.1 Å². The van der Waals surface area contributed by atoms with Crippen molar-refractivity contribution in [1.29, 1.82) is 0 Å². The lowest BCUT2D eigenvalue weighted by molar-refractivity contribution is -0.870. The molecule has 2 N–H and O–H groups in total. The van der Waals surface area contributed by atoms with Gasteiger partial charge in [-0.15, -0.1) is 0 Å². The molecule has 0 aliphatic carbocycles. The molecule has 0 aromatic carbocycles. The molecular formula is C65H118N2O7P+. The number of ether oxygens (including phenoxy) is 1. The highest BCUT2D eigenvalue weighted by Crippen LogP contribution is 2.43. The van der Waals surface area contributed by atoms with Crippen LogP contribution in [0.5, 0.6) is 0 Å². The molecule has 9 nitrogen and oxygen atoms in total. The fourth-order valence-electron chi connectivity index (χ4n) is 8.55. The lowest BCUT2D eigenvalue weighted by atomic mass is 10.0. The van der Waals surface area contributed by atoms with Gasteiger partial charge in [-0.25, -0.2) is 4.57 Å². The number of hydrogen-bond donors (Lipinski definition) is 2. The molecule has 75 heavy (non-hydrogen) atoms. The molecule has 10 heteroatoms. The van der Waals surface area contributed by atoms with Gasteiger partial charge in [0.05, 0.1) is 33.8 Å². The second-order valence-corrected chi connectivity index (χ2v) is 23.3. The van der Waals surface area contributed by atoms with Crippen molar-refractivity contribution in [1.82, 2.24) is 5.32 Å². The molecule has 0 aliphatic heterocycles. The number of esters is 1. The van der Waals surface area contributed by atoms with Crippen LogP contribution >= 0.6 is 7.82 Å². The first kappa shape index (κ1) is 72.2. The van der Waals surface area contributed by atoms with Gasteiger partial charge >= 0.3 is 13.8 Å². The van der Waals surface area contributed by atoms with Crippen molar-refractivity contribution in [2.45, 2.75) is 277 Å². The molecule has 0 spiro atoms. The number of hydrogen-bond acceptors (Lipinski definition) is 6. The minimum absolute atomic E-state index is 0.0324. The standard InChI is InChI=1S/C65H117N2O7P/c1-7-10-13-16-19-22-25-28-30-31-32-33-34-35-36-37-38-39-42-45-48-51-54-57-64(68)66-62(61-73-75(70,71)72-60-59-67(4,5)6)63(56-53-50-47-44-41-27-24-21-18-15-12-9-3)74-65(69)58-55-52-49-46-43-40-29-26-23-20-17-14-11-8-2/h11,14,19-20,22-23,28-30,32-33,40,53,56,62-63H,7-10,12-13,15-18,21,24-27,31,34-39,41-52,54-55,57-61H2,1-6H3,(H-,66,68,70,71)/p+1/b14-11+,22-19-,23-20+,30-28-,33-32-,40-29+,56-53-. The van der Waals surface area contributed by atoms with E-state index in [0.717, 1.165) is 109 Å². The normalized spacial score (nSPS) is 14.3. The Hall–Kier alpha value is -2.81. The van der Waals surface area contributed by atoms with Gasteiger partial charge in [0.15, 0.2) is 0 Å². The Morgan fingerprint density at radius 2 is 0.853 bits per heavy atom. The lowest BCUT2D eigenvalue weighted by Crippen LogP contribution is -2.47. The Morgan fingerprint density at radius 1 is 0.480 bits per heavy atom. The van der Waals surface area contributed by atoms with Crippen LogP contribution < -0.4 is 5.32 Å². The SMILES string of the molecule is CC/C=C/C/C=C/C/C=C/CCCCCCC(=O)OC(/C=C\CCCCCCCCCCCC)C(COP(=O)(O)OCC[N+](C)(C)C)NC(=O)CCCCCCCCCCCC/C=C\C/C=C\C/C=C\CCCCC. The summed E-state index contributed by atoms with van der Waals surface area (Å²) in [6.07, 6.45) is 71.5. The van der Waals surface area contributed by atoms with Gasteiger partial charge in [0.1, 0.15) is 19.3 Å². The van der Waals surface area contributed by atoms with Gasteiger partial charge in [-0.2, -0.15) is 0 Å². The van der Waals surface area contributed by atoms with Crippen molar-refractivity contribution in [2.24, 2.45) is 0 Å². The van der Waals surface area contributed by atoms with Gasteiger partial charge in [-0.3, -0.25) is 18.6 Å². The monoisotopic (exact) mass is 1070 g/mol. The zero-order chi connectivity index (χ0) is 55.0. The fourth-order valence-corrected chi connectivity index (χ4v) is 9.29. The minimum atomic E-state index is -4.46. The maximum absolute atomic E-state index is 13.5. The number of nitrogens with one attached hydrogen (secondary N) is 1. The summed E-state index contributed by atoms with van der Waals surface area (Å²) in [7, 11) is 1.47. The van der Waals surface area contributed by atoms with Crippen LogP contribution in [0.3, 0.4) is 0 Å². The third-order valence-corrected chi connectivity index (χ3v) is 14.3. The second-order valence-electron chi connectivity index (χ2n) is 21.8. The molecule has 0 saturated carbocycles. The summed E-state index contributed by atoms with van der Waals surface area (Å²) in [4.78, 5) is 37.7. The number of amides is 1. The highest BCUT2D eigenvalue weighted by atomic mass is 31.2. The molecule has 0 bridgehead atoms. The van der Waals surface area contributed by atoms with Crippen LogP contribution in [0.1, 0.15) is 265 Å². The summed E-state index contributed by atoms with van der Waals surface area (Å²) in [5.74, 6) is -0.536. The summed E-state index contributed by atoms with van der Waals surface area (Å²) < 4.78 is 30.7. The Balaban J connectivity index is 5.22. The Labute approximate surface area is 463 Å². The summed E-state index contributed by atoms with van der Waals surface area (Å²) in [6, 6.07) is -0.863. The van der Waals surface area contributed by atoms with Crippen molar-refractivity contribution >= 4 is 19.7 Å². The van der Waals surface area contributed by atoms with E-state index < -0.39 is 20.0 Å². The molecule has 0 aromatic heterocycles. The zero-order valence-corrected chi connectivity index (χ0v) is 50.4. The highest BCUT2D eigenvalue weighted by Gasteiger charge is 2.30. The van der Waals surface area contributed by atoms with Gasteiger partial charge in [-0.05, 0) is 102 Å². The van der Waals surface area contributed by atoms with E-state index in [9.17, 15) is 19.0 Å². The van der Waals surface area contributed by atoms with Crippen LogP contribution in [0, 0.1) is 0 Å². The van der Waals surface area contributed by atoms with E-state index in [1.165, 1.54) is 116 Å². The van der Waals surface area contributed by atoms with Crippen molar-refractivity contribution in [3.63, 3.8) is 0 Å². The first-order chi connectivity index (χ1) is 36.4. The number of phosphoric acid groups is 1. The van der Waals surface area contributed by atoms with Crippen LogP contribution in [-0.2, 0) is 27.9 Å². The topological polar surface area (TPSA) is 111 Å². The van der Waals surface area contributed by atoms with Crippen LogP contribution in [0.4, 0.5) is 0 Å². The number of phosphoric ester groups is 1. The summed E-state index contributed by atoms with van der Waals surface area (Å²) in [5.41, 5.74) is 0. The number of unbranched alkanes of at least 4 members (excludes halogenated alkanes) is 27. The van der Waals surface area contributed by atoms with Crippen LogP contribution in [0.25, 0.3) is 0 Å². The molecule has 0 rings (SSSR count). The van der Waals surface area contributed by atoms with E-state index in [-0.39, 0.29) is 31.5 Å². The minimum Gasteiger partial charge on any atom is -0.456 e. The van der Waals surface area contributed by atoms with E-state index in [1.807, 2.05) is 33.3 Å². The zero-order valence-electron chi connectivity index (χ0n) is 49.5. The quantitative estimate of drug-likeness (QED) is 0.0205. The molecule has 0 heterocycles. The molecular weight excluding hydrogens is 952 g/mol. The largest absolute Gasteiger partial charge is 0.472 e. The average molecular weight is 1070 g/mol. The summed E-state index contributed by atoms with van der Waals surface area (Å²) >= 11 is 0. The molecule has 3 atom stereocenters. The number of likely N-dealkylation sites (N-methyl/N-ethyl adjacent to an activating group) is 1. The van der Waals surface area contributed by atoms with Crippen LogP contribution in [0.2, 0.25) is 0 Å². The van der Waals surface area contributed by atoms with Crippen molar-refractivity contribution in [3.8, 4) is 0 Å². The number of carbonyl (C=O) groups excluding carboxylic acids is 2. The van der Waals surface area contributed by atoms with Gasteiger partial charge < -0.3 is 19.4 Å². The number of allylic oxidation sites excluding steroid dienone is 13. The third-order valence-electron chi connectivity index (χ3n) is 13.3. The predicted octanol–water partition coefficient (Wildman–Crippen LogP) is 19.0. The summed E-state index contributed by atoms with van der Waals surface area (Å²) in [5, 5.41) is 3.05. The fraction of sp³-hybridized carbons (Fsp3) is 0.754. The number of carbonyl (C=O) groups is 2. The van der Waals surface area contributed by atoms with E-state index in [2.05, 4.69) is 99.0 Å². The van der Waals surface area contributed by atoms with E-state index >= 15 is 0 Å². The predicted molar refractivity (Wildman–Crippen MR) is 323 cm³/mol. The first-order valence-corrected chi connectivity index (χ1v) is 32.4. The van der Waals surface area contributed by atoms with Crippen LogP contribution in [-0.4, -0.2) is 74.3 Å². The van der Waals surface area contributed by atoms with Gasteiger partial charge in [0.25, 0.3) is 0 Å². The molecule has 0 fully saturated rings. The Bertz CT molecular complexity index is 1560. The first-order valence-electron chi connectivity index (χ1n) is 30.9. The Kier molecular flexibility index (Phi) is 52.5.